The van der Waals surface area contributed by atoms with Gasteiger partial charge in [-0.05, 0) is 19.1 Å². The SMILES string of the molecule is Cc1ccc(N(C)S(=O)(=O)c2cn[nH]c2N)cc1. The molecule has 0 fully saturated rings. The molecular weight excluding hydrogens is 252 g/mol. The quantitative estimate of drug-likeness (QED) is 0.871. The van der Waals surface area contributed by atoms with Gasteiger partial charge in [-0.2, -0.15) is 5.10 Å². The highest BCUT2D eigenvalue weighted by atomic mass is 32.2. The van der Waals surface area contributed by atoms with Gasteiger partial charge in [-0.15, -0.1) is 0 Å². The summed E-state index contributed by atoms with van der Waals surface area (Å²) in [6.07, 6.45) is 1.20. The number of anilines is 2. The molecule has 3 N–H and O–H groups in total. The number of sulfonamides is 1. The van der Waals surface area contributed by atoms with Gasteiger partial charge in [-0.25, -0.2) is 8.42 Å². The maximum absolute atomic E-state index is 12.3. The van der Waals surface area contributed by atoms with Gasteiger partial charge < -0.3 is 5.73 Å². The van der Waals surface area contributed by atoms with Crippen LogP contribution in [-0.4, -0.2) is 25.7 Å². The molecule has 0 atom stereocenters. The Morgan fingerprint density at radius 3 is 2.39 bits per heavy atom. The predicted molar refractivity (Wildman–Crippen MR) is 69.8 cm³/mol. The van der Waals surface area contributed by atoms with Crippen LogP contribution in [0, 0.1) is 6.92 Å². The van der Waals surface area contributed by atoms with Crippen molar-refractivity contribution in [1.29, 1.82) is 0 Å². The molecule has 0 saturated carbocycles. The molecule has 6 nitrogen and oxygen atoms in total. The molecule has 0 saturated heterocycles. The van der Waals surface area contributed by atoms with E-state index in [9.17, 15) is 8.42 Å². The fraction of sp³-hybridized carbons (Fsp3) is 0.182. The van der Waals surface area contributed by atoms with Crippen LogP contribution in [0.5, 0.6) is 0 Å². The minimum Gasteiger partial charge on any atom is -0.383 e. The summed E-state index contributed by atoms with van der Waals surface area (Å²) in [6.45, 7) is 1.94. The Kier molecular flexibility index (Phi) is 3.00. The van der Waals surface area contributed by atoms with E-state index in [0.29, 0.717) is 5.69 Å². The Morgan fingerprint density at radius 2 is 1.89 bits per heavy atom. The molecule has 0 spiro atoms. The van der Waals surface area contributed by atoms with Crippen molar-refractivity contribution < 1.29 is 8.42 Å². The number of H-pyrrole nitrogens is 1. The van der Waals surface area contributed by atoms with Crippen LogP contribution in [0.25, 0.3) is 0 Å². The van der Waals surface area contributed by atoms with Gasteiger partial charge in [0.15, 0.2) is 0 Å². The summed E-state index contributed by atoms with van der Waals surface area (Å²) in [7, 11) is -2.20. The monoisotopic (exact) mass is 266 g/mol. The van der Waals surface area contributed by atoms with Gasteiger partial charge in [-0.1, -0.05) is 17.7 Å². The third kappa shape index (κ3) is 2.04. The van der Waals surface area contributed by atoms with E-state index in [1.54, 1.807) is 12.1 Å². The third-order valence-electron chi connectivity index (χ3n) is 2.67. The summed E-state index contributed by atoms with van der Waals surface area (Å²) in [5, 5.41) is 6.03. The number of aromatic nitrogens is 2. The van der Waals surface area contributed by atoms with Crippen molar-refractivity contribution in [2.75, 3.05) is 17.1 Å². The van der Waals surface area contributed by atoms with Gasteiger partial charge in [-0.3, -0.25) is 9.40 Å². The molecule has 0 amide bonds. The van der Waals surface area contributed by atoms with E-state index in [4.69, 9.17) is 5.73 Å². The lowest BCUT2D eigenvalue weighted by Crippen LogP contribution is -2.26. The van der Waals surface area contributed by atoms with Crippen LogP contribution in [0.1, 0.15) is 5.56 Å². The molecule has 1 heterocycles. The first-order valence-corrected chi connectivity index (χ1v) is 6.71. The standard InChI is InChI=1S/C11H14N4O2S/c1-8-3-5-9(6-4-8)15(2)18(16,17)10-7-13-14-11(10)12/h3-7H,1-2H3,(H3,12,13,14). The van der Waals surface area contributed by atoms with Crippen molar-refractivity contribution in [1.82, 2.24) is 10.2 Å². The van der Waals surface area contributed by atoms with Crippen molar-refractivity contribution in [3.8, 4) is 0 Å². The molecular formula is C11H14N4O2S. The molecule has 0 aliphatic rings. The van der Waals surface area contributed by atoms with Crippen LogP contribution in [0.3, 0.4) is 0 Å². The van der Waals surface area contributed by atoms with Crippen LogP contribution < -0.4 is 10.0 Å². The second kappa shape index (κ2) is 4.34. The topological polar surface area (TPSA) is 92.1 Å². The lowest BCUT2D eigenvalue weighted by atomic mass is 10.2. The lowest BCUT2D eigenvalue weighted by Gasteiger charge is -2.18. The molecule has 7 heteroatoms. The summed E-state index contributed by atoms with van der Waals surface area (Å²) >= 11 is 0. The average molecular weight is 266 g/mol. The van der Waals surface area contributed by atoms with Crippen LogP contribution in [0.15, 0.2) is 35.4 Å². The summed E-state index contributed by atoms with van der Waals surface area (Å²) in [6, 6.07) is 7.17. The van der Waals surface area contributed by atoms with Crippen molar-refractivity contribution in [3.63, 3.8) is 0 Å². The van der Waals surface area contributed by atoms with Crippen molar-refractivity contribution in [2.24, 2.45) is 0 Å². The molecule has 96 valence electrons. The predicted octanol–water partition coefficient (Wildman–Crippen LogP) is 1.13. The van der Waals surface area contributed by atoms with E-state index in [2.05, 4.69) is 10.2 Å². The summed E-state index contributed by atoms with van der Waals surface area (Å²) in [5.74, 6) is 0.0361. The Balaban J connectivity index is 2.42. The minimum absolute atomic E-state index is 0.0226. The smallest absolute Gasteiger partial charge is 0.269 e. The number of nitrogens with zero attached hydrogens (tertiary/aromatic N) is 2. The highest BCUT2D eigenvalue weighted by Crippen LogP contribution is 2.24. The van der Waals surface area contributed by atoms with Crippen LogP contribution in [0.2, 0.25) is 0 Å². The maximum atomic E-state index is 12.3. The zero-order valence-electron chi connectivity index (χ0n) is 10.1. The van der Waals surface area contributed by atoms with E-state index in [0.717, 1.165) is 5.56 Å². The maximum Gasteiger partial charge on any atom is 0.269 e. The van der Waals surface area contributed by atoms with E-state index in [-0.39, 0.29) is 10.7 Å². The number of nitrogens with two attached hydrogens (primary N) is 1. The molecule has 0 radical (unpaired) electrons. The Morgan fingerprint density at radius 1 is 1.28 bits per heavy atom. The number of nitrogen functional groups attached to an aromatic ring is 1. The molecule has 1 aromatic carbocycles. The fourth-order valence-corrected chi connectivity index (χ4v) is 2.74. The molecule has 0 bridgehead atoms. The fourth-order valence-electron chi connectivity index (χ4n) is 1.53. The normalized spacial score (nSPS) is 11.4. The zero-order valence-corrected chi connectivity index (χ0v) is 10.9. The highest BCUT2D eigenvalue weighted by molar-refractivity contribution is 7.93. The first-order chi connectivity index (χ1) is 8.43. The van der Waals surface area contributed by atoms with Crippen molar-refractivity contribution in [3.05, 3.63) is 36.0 Å². The van der Waals surface area contributed by atoms with E-state index in [1.807, 2.05) is 19.1 Å². The Bertz CT molecular complexity index is 646. The molecule has 2 rings (SSSR count). The number of aryl methyl sites for hydroxylation is 1. The van der Waals surface area contributed by atoms with Gasteiger partial charge in [0.2, 0.25) is 0 Å². The summed E-state index contributed by atoms with van der Waals surface area (Å²) in [5.41, 5.74) is 7.18. The minimum atomic E-state index is -3.68. The largest absolute Gasteiger partial charge is 0.383 e. The number of benzene rings is 1. The molecule has 2 aromatic rings. The van der Waals surface area contributed by atoms with E-state index < -0.39 is 10.0 Å². The summed E-state index contributed by atoms with van der Waals surface area (Å²) in [4.78, 5) is -0.0226. The molecule has 0 aliphatic carbocycles. The zero-order chi connectivity index (χ0) is 13.3. The van der Waals surface area contributed by atoms with Crippen LogP contribution in [-0.2, 0) is 10.0 Å². The second-order valence-corrected chi connectivity index (χ2v) is 5.89. The Labute approximate surface area is 105 Å². The van der Waals surface area contributed by atoms with Gasteiger partial charge in [0.05, 0.1) is 11.9 Å². The van der Waals surface area contributed by atoms with E-state index in [1.165, 1.54) is 17.5 Å². The van der Waals surface area contributed by atoms with Crippen LogP contribution >= 0.6 is 0 Å². The third-order valence-corrected chi connectivity index (χ3v) is 4.48. The highest BCUT2D eigenvalue weighted by Gasteiger charge is 2.25. The number of hydrogen-bond acceptors (Lipinski definition) is 4. The number of rotatable bonds is 3. The number of hydrogen-bond donors (Lipinski definition) is 2. The van der Waals surface area contributed by atoms with E-state index >= 15 is 0 Å². The van der Waals surface area contributed by atoms with Gasteiger partial charge in [0.25, 0.3) is 10.0 Å². The molecule has 0 aliphatic heterocycles. The van der Waals surface area contributed by atoms with Crippen molar-refractivity contribution in [2.45, 2.75) is 11.8 Å². The van der Waals surface area contributed by atoms with Crippen molar-refractivity contribution >= 4 is 21.5 Å². The van der Waals surface area contributed by atoms with Gasteiger partial charge in [0, 0.05) is 7.05 Å². The molecule has 1 aromatic heterocycles. The average Bonchev–Trinajstić information content (AvgIpc) is 2.76. The Hall–Kier alpha value is -2.02. The first kappa shape index (κ1) is 12.4. The lowest BCUT2D eigenvalue weighted by molar-refractivity contribution is 0.595. The van der Waals surface area contributed by atoms with Gasteiger partial charge in [0.1, 0.15) is 10.7 Å². The number of aromatic amines is 1. The second-order valence-electron chi connectivity index (χ2n) is 3.96. The first-order valence-electron chi connectivity index (χ1n) is 5.27. The molecule has 0 unspecified atom stereocenters. The number of nitrogens with one attached hydrogen (secondary N) is 1. The summed E-state index contributed by atoms with van der Waals surface area (Å²) < 4.78 is 25.7. The molecule has 18 heavy (non-hydrogen) atoms. The van der Waals surface area contributed by atoms with Crippen LogP contribution in [0.4, 0.5) is 11.5 Å². The van der Waals surface area contributed by atoms with Gasteiger partial charge >= 0.3 is 0 Å².